The van der Waals surface area contributed by atoms with Gasteiger partial charge in [0.2, 0.25) is 0 Å². The molecule has 0 N–H and O–H groups in total. The Bertz CT molecular complexity index is 511. The van der Waals surface area contributed by atoms with E-state index in [1.54, 1.807) is 11.0 Å². The lowest BCUT2D eigenvalue weighted by Gasteiger charge is -2.31. The van der Waals surface area contributed by atoms with E-state index >= 15 is 0 Å². The van der Waals surface area contributed by atoms with Crippen LogP contribution < -0.4 is 4.90 Å². The fraction of sp³-hybridized carbons (Fsp3) is 0.417. The highest BCUT2D eigenvalue weighted by molar-refractivity contribution is 5.74. The van der Waals surface area contributed by atoms with Crippen molar-refractivity contribution in [3.8, 4) is 0 Å². The maximum absolute atomic E-state index is 12.6. The highest BCUT2D eigenvalue weighted by Crippen LogP contribution is 2.24. The maximum Gasteiger partial charge on any atom is 0.298 e. The minimum absolute atomic E-state index is 0.102. The van der Waals surface area contributed by atoms with E-state index in [2.05, 4.69) is 4.98 Å². The summed E-state index contributed by atoms with van der Waals surface area (Å²) in [6.07, 6.45) is -3.56. The van der Waals surface area contributed by atoms with Crippen molar-refractivity contribution in [2.24, 2.45) is 0 Å². The Hall–Kier alpha value is -1.69. The molecule has 1 aromatic heterocycles. The summed E-state index contributed by atoms with van der Waals surface area (Å²) in [7, 11) is 0. The van der Waals surface area contributed by atoms with Crippen LogP contribution in [0.15, 0.2) is 28.7 Å². The van der Waals surface area contributed by atoms with E-state index in [1.165, 1.54) is 0 Å². The Balaban J connectivity index is 1.85. The predicted octanol–water partition coefficient (Wildman–Crippen LogP) is 2.30. The van der Waals surface area contributed by atoms with Crippen LogP contribution in [0.25, 0.3) is 11.1 Å². The molecule has 0 saturated carbocycles. The highest BCUT2D eigenvalue weighted by Gasteiger charge is 2.30. The second-order valence-corrected chi connectivity index (χ2v) is 4.15. The average molecular weight is 254 g/mol. The molecule has 0 amide bonds. The smallest absolute Gasteiger partial charge is 0.298 e. The zero-order chi connectivity index (χ0) is 12.5. The topological polar surface area (TPSA) is 38.5 Å². The number of anilines is 1. The zero-order valence-electron chi connectivity index (χ0n) is 9.55. The van der Waals surface area contributed by atoms with Crippen molar-refractivity contribution in [2.45, 2.75) is 12.5 Å². The molecule has 2 heterocycles. The molecule has 1 fully saturated rings. The first-order valence-electron chi connectivity index (χ1n) is 5.74. The first-order chi connectivity index (χ1) is 8.74. The number of morpholine rings is 1. The fourth-order valence-electron chi connectivity index (χ4n) is 2.00. The molecule has 96 valence electrons. The molecule has 18 heavy (non-hydrogen) atoms. The second kappa shape index (κ2) is 4.53. The second-order valence-electron chi connectivity index (χ2n) is 4.15. The molecule has 2 aromatic rings. The number of benzene rings is 1. The van der Waals surface area contributed by atoms with Gasteiger partial charge in [0, 0.05) is 6.54 Å². The third kappa shape index (κ3) is 2.03. The van der Waals surface area contributed by atoms with Gasteiger partial charge in [-0.05, 0) is 12.1 Å². The number of fused-ring (bicyclic) bond motifs is 1. The number of nitrogens with zero attached hydrogens (tertiary/aromatic N) is 2. The fourth-order valence-corrected chi connectivity index (χ4v) is 2.00. The maximum atomic E-state index is 12.6. The Labute approximate surface area is 102 Å². The van der Waals surface area contributed by atoms with Crippen LogP contribution in [-0.4, -0.2) is 37.2 Å². The lowest BCUT2D eigenvalue weighted by atomic mass is 10.3. The van der Waals surface area contributed by atoms with Crippen LogP contribution in [0.5, 0.6) is 0 Å². The van der Waals surface area contributed by atoms with Crippen LogP contribution in [0.2, 0.25) is 0 Å². The van der Waals surface area contributed by atoms with Gasteiger partial charge >= 0.3 is 0 Å². The van der Waals surface area contributed by atoms with Crippen LogP contribution in [0, 0.1) is 0 Å². The standard InChI is InChI=1S/C12H12F2N2O2/c13-11(14)10-7-16(5-6-17-10)12-15-8-3-1-2-4-9(8)18-12/h1-4,10-11H,5-7H2/t10-/m0/s1. The number of aromatic nitrogens is 1. The number of rotatable bonds is 2. The van der Waals surface area contributed by atoms with E-state index < -0.39 is 12.5 Å². The molecule has 1 aliphatic rings. The third-order valence-corrected chi connectivity index (χ3v) is 2.93. The Kier molecular flexibility index (Phi) is 2.87. The minimum atomic E-state index is -2.49. The van der Waals surface area contributed by atoms with Gasteiger partial charge in [-0.2, -0.15) is 4.98 Å². The van der Waals surface area contributed by atoms with Crippen molar-refractivity contribution in [3.05, 3.63) is 24.3 Å². The van der Waals surface area contributed by atoms with Crippen LogP contribution >= 0.6 is 0 Å². The van der Waals surface area contributed by atoms with Crippen LogP contribution in [0.3, 0.4) is 0 Å². The van der Waals surface area contributed by atoms with Crippen molar-refractivity contribution in [3.63, 3.8) is 0 Å². The normalized spacial score (nSPS) is 20.8. The van der Waals surface area contributed by atoms with E-state index in [-0.39, 0.29) is 13.2 Å². The lowest BCUT2D eigenvalue weighted by molar-refractivity contribution is -0.0621. The lowest BCUT2D eigenvalue weighted by Crippen LogP contribution is -2.45. The molecule has 4 nitrogen and oxygen atoms in total. The number of hydrogen-bond acceptors (Lipinski definition) is 4. The van der Waals surface area contributed by atoms with Crippen molar-refractivity contribution in [2.75, 3.05) is 24.6 Å². The monoisotopic (exact) mass is 254 g/mol. The Morgan fingerprint density at radius 3 is 2.94 bits per heavy atom. The zero-order valence-corrected chi connectivity index (χ0v) is 9.55. The quantitative estimate of drug-likeness (QED) is 0.824. The van der Waals surface area contributed by atoms with E-state index in [4.69, 9.17) is 9.15 Å². The van der Waals surface area contributed by atoms with Gasteiger partial charge in [0.1, 0.15) is 11.6 Å². The average Bonchev–Trinajstić information content (AvgIpc) is 2.82. The van der Waals surface area contributed by atoms with E-state index in [0.29, 0.717) is 18.1 Å². The predicted molar refractivity (Wildman–Crippen MR) is 62.0 cm³/mol. The molecule has 1 aromatic carbocycles. The molecule has 1 aliphatic heterocycles. The number of para-hydroxylation sites is 2. The van der Waals surface area contributed by atoms with Gasteiger partial charge in [0.05, 0.1) is 13.2 Å². The largest absolute Gasteiger partial charge is 0.423 e. The van der Waals surface area contributed by atoms with Gasteiger partial charge < -0.3 is 14.1 Å². The van der Waals surface area contributed by atoms with Gasteiger partial charge in [0.15, 0.2) is 5.58 Å². The van der Waals surface area contributed by atoms with Crippen LogP contribution in [-0.2, 0) is 4.74 Å². The van der Waals surface area contributed by atoms with E-state index in [0.717, 1.165) is 5.52 Å². The summed E-state index contributed by atoms with van der Waals surface area (Å²) >= 11 is 0. The summed E-state index contributed by atoms with van der Waals surface area (Å²) in [5.41, 5.74) is 1.39. The first kappa shape index (κ1) is 11.4. The third-order valence-electron chi connectivity index (χ3n) is 2.93. The number of alkyl halides is 2. The summed E-state index contributed by atoms with van der Waals surface area (Å²) < 4.78 is 35.8. The first-order valence-corrected chi connectivity index (χ1v) is 5.74. The highest BCUT2D eigenvalue weighted by atomic mass is 19.3. The van der Waals surface area contributed by atoms with Crippen molar-refractivity contribution < 1.29 is 17.9 Å². The number of oxazole rings is 1. The molecular formula is C12H12F2N2O2. The van der Waals surface area contributed by atoms with Gasteiger partial charge in [-0.1, -0.05) is 12.1 Å². The number of halogens is 2. The van der Waals surface area contributed by atoms with Crippen molar-refractivity contribution in [1.29, 1.82) is 0 Å². The molecule has 3 rings (SSSR count). The van der Waals surface area contributed by atoms with Crippen molar-refractivity contribution >= 4 is 17.1 Å². The Morgan fingerprint density at radius 2 is 2.17 bits per heavy atom. The number of hydrogen-bond donors (Lipinski definition) is 0. The minimum Gasteiger partial charge on any atom is -0.423 e. The summed E-state index contributed by atoms with van der Waals surface area (Å²) in [4.78, 5) is 5.98. The molecule has 0 aliphatic carbocycles. The molecule has 0 radical (unpaired) electrons. The van der Waals surface area contributed by atoms with Gasteiger partial charge in [-0.3, -0.25) is 0 Å². The van der Waals surface area contributed by atoms with E-state index in [9.17, 15) is 8.78 Å². The number of ether oxygens (including phenoxy) is 1. The molecule has 1 saturated heterocycles. The van der Waals surface area contributed by atoms with Crippen LogP contribution in [0.1, 0.15) is 0 Å². The molecule has 0 unspecified atom stereocenters. The molecule has 0 bridgehead atoms. The van der Waals surface area contributed by atoms with Gasteiger partial charge in [-0.25, -0.2) is 8.78 Å². The van der Waals surface area contributed by atoms with E-state index in [1.807, 2.05) is 18.2 Å². The Morgan fingerprint density at radius 1 is 1.33 bits per heavy atom. The van der Waals surface area contributed by atoms with Gasteiger partial charge in [0.25, 0.3) is 12.4 Å². The van der Waals surface area contributed by atoms with Crippen LogP contribution in [0.4, 0.5) is 14.8 Å². The summed E-state index contributed by atoms with van der Waals surface area (Å²) in [6.45, 7) is 0.869. The summed E-state index contributed by atoms with van der Waals surface area (Å²) in [5.74, 6) is 0. The SMILES string of the molecule is FC(F)[C@@H]1CN(c2nc3ccccc3o2)CCO1. The molecule has 0 spiro atoms. The van der Waals surface area contributed by atoms with Gasteiger partial charge in [-0.15, -0.1) is 0 Å². The summed E-state index contributed by atoms with van der Waals surface area (Å²) in [6, 6.07) is 7.71. The molecule has 1 atom stereocenters. The summed E-state index contributed by atoms with van der Waals surface area (Å²) in [5, 5.41) is 0. The van der Waals surface area contributed by atoms with Crippen molar-refractivity contribution in [1.82, 2.24) is 4.98 Å². The molecular weight excluding hydrogens is 242 g/mol. The molecule has 6 heteroatoms.